The topological polar surface area (TPSA) is 132 Å². The molecule has 2 amide bonds. The molecule has 0 unspecified atom stereocenters. The molecule has 162 valence electrons. The van der Waals surface area contributed by atoms with Gasteiger partial charge in [0, 0.05) is 26.3 Å². The Morgan fingerprint density at radius 3 is 2.48 bits per heavy atom. The number of nitrogens with one attached hydrogen (secondary N) is 2. The molecule has 0 aromatic heterocycles. The van der Waals surface area contributed by atoms with E-state index in [1.165, 1.54) is 39.5 Å². The van der Waals surface area contributed by atoms with Gasteiger partial charge in [-0.25, -0.2) is 8.42 Å². The third kappa shape index (κ3) is 5.56. The fraction of sp³-hybridized carbons (Fsp3) is 0.529. The van der Waals surface area contributed by atoms with Crippen molar-refractivity contribution >= 4 is 21.8 Å². The number of hydrogen-bond acceptors (Lipinski definition) is 8. The third-order valence-corrected chi connectivity index (χ3v) is 6.02. The quantitative estimate of drug-likeness (QED) is 0.373. The lowest BCUT2D eigenvalue weighted by Crippen LogP contribution is -2.47. The van der Waals surface area contributed by atoms with E-state index in [0.29, 0.717) is 5.75 Å². The van der Waals surface area contributed by atoms with Crippen LogP contribution in [0, 0.1) is 0 Å². The van der Waals surface area contributed by atoms with Gasteiger partial charge < -0.3 is 29.6 Å². The van der Waals surface area contributed by atoms with Gasteiger partial charge in [0.2, 0.25) is 10.0 Å². The summed E-state index contributed by atoms with van der Waals surface area (Å²) in [4.78, 5) is 23.5. The number of methoxy groups -OCH3 is 3. The molecule has 29 heavy (non-hydrogen) atoms. The lowest BCUT2D eigenvalue weighted by atomic mass is 10.3. The van der Waals surface area contributed by atoms with Crippen LogP contribution in [0.25, 0.3) is 0 Å². The molecule has 1 atom stereocenters. The normalized spacial score (nSPS) is 17.0. The van der Waals surface area contributed by atoms with E-state index in [4.69, 9.17) is 18.9 Å². The van der Waals surface area contributed by atoms with Crippen LogP contribution in [0.4, 0.5) is 0 Å². The van der Waals surface area contributed by atoms with Gasteiger partial charge in [0.05, 0.1) is 38.9 Å². The van der Waals surface area contributed by atoms with Crippen LogP contribution in [0.3, 0.4) is 0 Å². The highest BCUT2D eigenvalue weighted by Gasteiger charge is 2.37. The Morgan fingerprint density at radius 1 is 1.14 bits per heavy atom. The number of sulfonamides is 1. The second kappa shape index (κ2) is 10.4. The zero-order valence-electron chi connectivity index (χ0n) is 16.5. The Bertz CT molecular complexity index is 830. The Kier molecular flexibility index (Phi) is 8.20. The Hall–Kier alpha value is -2.41. The summed E-state index contributed by atoms with van der Waals surface area (Å²) in [5.74, 6) is -1.06. The summed E-state index contributed by atoms with van der Waals surface area (Å²) in [6.45, 7) is 0.540. The van der Waals surface area contributed by atoms with E-state index >= 15 is 0 Å². The molecule has 2 rings (SSSR count). The zero-order valence-corrected chi connectivity index (χ0v) is 17.3. The number of amides is 2. The van der Waals surface area contributed by atoms with Crippen LogP contribution in [0.5, 0.6) is 11.5 Å². The maximum absolute atomic E-state index is 13.0. The first-order valence-electron chi connectivity index (χ1n) is 8.75. The van der Waals surface area contributed by atoms with Crippen molar-refractivity contribution in [2.45, 2.75) is 11.1 Å². The van der Waals surface area contributed by atoms with Crippen molar-refractivity contribution in [1.29, 1.82) is 0 Å². The number of carbonyl (C=O) groups is 2. The molecule has 1 aliphatic heterocycles. The highest BCUT2D eigenvalue weighted by molar-refractivity contribution is 7.89. The van der Waals surface area contributed by atoms with Crippen LogP contribution in [0.1, 0.15) is 0 Å². The van der Waals surface area contributed by atoms with Crippen molar-refractivity contribution in [3.8, 4) is 11.5 Å². The molecule has 1 fully saturated rings. The minimum absolute atomic E-state index is 0.00529. The van der Waals surface area contributed by atoms with Crippen molar-refractivity contribution in [2.24, 2.45) is 0 Å². The molecule has 11 nitrogen and oxygen atoms in total. The summed E-state index contributed by atoms with van der Waals surface area (Å²) in [7, 11) is 0.397. The minimum atomic E-state index is -3.93. The molecule has 0 aliphatic carbocycles. The van der Waals surface area contributed by atoms with E-state index in [1.54, 1.807) is 0 Å². The van der Waals surface area contributed by atoms with Crippen LogP contribution >= 0.6 is 0 Å². The molecule has 1 aromatic carbocycles. The molecule has 2 N–H and O–H groups in total. The Labute approximate surface area is 169 Å². The monoisotopic (exact) mass is 431 g/mol. The first-order valence-corrected chi connectivity index (χ1v) is 10.2. The molecule has 12 heteroatoms. The molecular weight excluding hydrogens is 406 g/mol. The third-order valence-electron chi connectivity index (χ3n) is 4.14. The van der Waals surface area contributed by atoms with Gasteiger partial charge in [-0.15, -0.1) is 0 Å². The molecular formula is C17H25N3O8S. The first kappa shape index (κ1) is 22.9. The van der Waals surface area contributed by atoms with Gasteiger partial charge in [-0.1, -0.05) is 0 Å². The molecule has 0 radical (unpaired) electrons. The van der Waals surface area contributed by atoms with E-state index in [0.717, 1.165) is 4.31 Å². The van der Waals surface area contributed by atoms with Gasteiger partial charge >= 0.3 is 11.8 Å². The SMILES string of the molecule is COCCNC(=O)C(=O)NC[C@H]1OCCN1S(=O)(=O)c1ccc(OC)c(OC)c1. The predicted molar refractivity (Wildman–Crippen MR) is 101 cm³/mol. The van der Waals surface area contributed by atoms with Crippen molar-refractivity contribution in [3.05, 3.63) is 18.2 Å². The minimum Gasteiger partial charge on any atom is -0.493 e. The van der Waals surface area contributed by atoms with Crippen molar-refractivity contribution in [3.63, 3.8) is 0 Å². The van der Waals surface area contributed by atoms with Gasteiger partial charge in [-0.3, -0.25) is 9.59 Å². The highest BCUT2D eigenvalue weighted by atomic mass is 32.2. The molecule has 1 aliphatic rings. The van der Waals surface area contributed by atoms with Gasteiger partial charge in [0.15, 0.2) is 11.5 Å². The molecule has 1 aromatic rings. The van der Waals surface area contributed by atoms with E-state index in [2.05, 4.69) is 10.6 Å². The maximum atomic E-state index is 13.0. The number of ether oxygens (including phenoxy) is 4. The number of nitrogens with zero attached hydrogens (tertiary/aromatic N) is 1. The predicted octanol–water partition coefficient (Wildman–Crippen LogP) is -1.07. The van der Waals surface area contributed by atoms with Crippen molar-refractivity contribution < 1.29 is 37.0 Å². The smallest absolute Gasteiger partial charge is 0.309 e. The summed E-state index contributed by atoms with van der Waals surface area (Å²) in [5.41, 5.74) is 0. The average Bonchev–Trinajstić information content (AvgIpc) is 3.21. The van der Waals surface area contributed by atoms with E-state index in [1.807, 2.05) is 0 Å². The number of carbonyl (C=O) groups excluding carboxylic acids is 2. The molecule has 0 saturated carbocycles. The van der Waals surface area contributed by atoms with Gasteiger partial charge in [0.25, 0.3) is 0 Å². The number of hydrogen-bond donors (Lipinski definition) is 2. The number of rotatable bonds is 9. The number of benzene rings is 1. The molecule has 1 heterocycles. The average molecular weight is 431 g/mol. The van der Waals surface area contributed by atoms with Crippen molar-refractivity contribution in [2.75, 3.05) is 54.2 Å². The second-order valence-corrected chi connectivity index (χ2v) is 7.81. The zero-order chi connectivity index (χ0) is 21.4. The lowest BCUT2D eigenvalue weighted by Gasteiger charge is -2.23. The van der Waals surface area contributed by atoms with E-state index < -0.39 is 28.1 Å². The largest absolute Gasteiger partial charge is 0.493 e. The first-order chi connectivity index (χ1) is 13.8. The summed E-state index contributed by atoms with van der Waals surface area (Å²) < 4.78 is 47.6. The molecule has 1 saturated heterocycles. The van der Waals surface area contributed by atoms with Gasteiger partial charge in [-0.05, 0) is 12.1 Å². The second-order valence-electron chi connectivity index (χ2n) is 5.92. The fourth-order valence-electron chi connectivity index (χ4n) is 2.66. The van der Waals surface area contributed by atoms with Gasteiger partial charge in [-0.2, -0.15) is 4.31 Å². The highest BCUT2D eigenvalue weighted by Crippen LogP contribution is 2.31. The standard InChI is InChI=1S/C17H25N3O8S/c1-25-8-6-18-16(21)17(22)19-11-15-20(7-9-28-15)29(23,24)12-4-5-13(26-2)14(10-12)27-3/h4-5,10,15H,6-9,11H2,1-3H3,(H,18,21)(H,19,22)/t15-/m1/s1. The van der Waals surface area contributed by atoms with E-state index in [-0.39, 0.29) is 43.5 Å². The van der Waals surface area contributed by atoms with Crippen LogP contribution in [0.15, 0.2) is 23.1 Å². The maximum Gasteiger partial charge on any atom is 0.309 e. The summed E-state index contributed by atoms with van der Waals surface area (Å²) in [6, 6.07) is 4.24. The van der Waals surface area contributed by atoms with Crippen LogP contribution in [-0.4, -0.2) is 84.9 Å². The van der Waals surface area contributed by atoms with E-state index in [9.17, 15) is 18.0 Å². The van der Waals surface area contributed by atoms with Crippen LogP contribution in [-0.2, 0) is 29.1 Å². The fourth-order valence-corrected chi connectivity index (χ4v) is 4.19. The molecule has 0 spiro atoms. The summed E-state index contributed by atoms with van der Waals surface area (Å²) in [5, 5.41) is 4.75. The summed E-state index contributed by atoms with van der Waals surface area (Å²) >= 11 is 0. The Morgan fingerprint density at radius 2 is 1.83 bits per heavy atom. The summed E-state index contributed by atoms with van der Waals surface area (Å²) in [6.07, 6.45) is -0.941. The van der Waals surface area contributed by atoms with Crippen LogP contribution in [0.2, 0.25) is 0 Å². The lowest BCUT2D eigenvalue weighted by molar-refractivity contribution is -0.139. The van der Waals surface area contributed by atoms with Crippen LogP contribution < -0.4 is 20.1 Å². The van der Waals surface area contributed by atoms with Crippen molar-refractivity contribution in [1.82, 2.24) is 14.9 Å². The Balaban J connectivity index is 2.06. The van der Waals surface area contributed by atoms with Gasteiger partial charge in [0.1, 0.15) is 6.23 Å². The molecule has 0 bridgehead atoms.